The van der Waals surface area contributed by atoms with Crippen LogP contribution in [0.3, 0.4) is 0 Å². The number of nitrogens with two attached hydrogens (primary N) is 1. The molecule has 0 amide bonds. The highest BCUT2D eigenvalue weighted by atomic mass is 35.5. The zero-order valence-corrected chi connectivity index (χ0v) is 18.9. The van der Waals surface area contributed by atoms with E-state index in [0.29, 0.717) is 18.4 Å². The van der Waals surface area contributed by atoms with Crippen LogP contribution in [-0.2, 0) is 16.4 Å². The largest absolute Gasteiger partial charge is 0.496 e. The molecule has 0 saturated carbocycles. The van der Waals surface area contributed by atoms with Gasteiger partial charge in [-0.15, -0.1) is 12.4 Å². The van der Waals surface area contributed by atoms with Gasteiger partial charge in [0, 0.05) is 12.0 Å². The van der Waals surface area contributed by atoms with Gasteiger partial charge in [-0.05, 0) is 62.2 Å². The summed E-state index contributed by atoms with van der Waals surface area (Å²) in [6.45, 7) is 1.62. The number of primary sulfonamides is 1. The monoisotopic (exact) mass is 456 g/mol. The molecule has 30 heavy (non-hydrogen) atoms. The Hall–Kier alpha value is -2.13. The molecule has 0 bridgehead atoms. The van der Waals surface area contributed by atoms with Gasteiger partial charge in [-0.2, -0.15) is 0 Å². The number of hydrogen-bond acceptors (Lipinski definition) is 6. The van der Waals surface area contributed by atoms with Gasteiger partial charge in [-0.1, -0.05) is 18.2 Å². The van der Waals surface area contributed by atoms with E-state index in [9.17, 15) is 13.2 Å². The smallest absolute Gasteiger partial charge is 0.241 e. The summed E-state index contributed by atoms with van der Waals surface area (Å²) in [5.74, 6) is 0.896. The van der Waals surface area contributed by atoms with Crippen molar-refractivity contribution in [1.29, 1.82) is 0 Å². The molecule has 2 aromatic rings. The highest BCUT2D eigenvalue weighted by Crippen LogP contribution is 2.24. The van der Waals surface area contributed by atoms with Crippen LogP contribution in [0.2, 0.25) is 0 Å². The van der Waals surface area contributed by atoms with Crippen molar-refractivity contribution in [1.82, 2.24) is 5.32 Å². The van der Waals surface area contributed by atoms with Gasteiger partial charge in [0.2, 0.25) is 10.0 Å². The lowest BCUT2D eigenvalue weighted by Gasteiger charge is -2.09. The second-order valence-corrected chi connectivity index (χ2v) is 8.13. The number of unbranched alkanes of at least 4 members (excludes halogenated alkanes) is 1. The molecule has 0 aromatic heterocycles. The Morgan fingerprint density at radius 2 is 1.70 bits per heavy atom. The van der Waals surface area contributed by atoms with Crippen LogP contribution in [0.5, 0.6) is 11.5 Å². The molecule has 0 fully saturated rings. The van der Waals surface area contributed by atoms with Gasteiger partial charge in [-0.3, -0.25) is 4.79 Å². The third-order valence-corrected chi connectivity index (χ3v) is 5.50. The normalized spacial score (nSPS) is 10.9. The summed E-state index contributed by atoms with van der Waals surface area (Å²) in [7, 11) is -0.943. The predicted molar refractivity (Wildman–Crippen MR) is 119 cm³/mol. The Balaban J connectivity index is 0.00000450. The highest BCUT2D eigenvalue weighted by Gasteiger charge is 2.17. The van der Waals surface area contributed by atoms with E-state index in [-0.39, 0.29) is 28.8 Å². The number of ether oxygens (including phenoxy) is 2. The molecular formula is C21H29ClN2O5S. The Kier molecular flexibility index (Phi) is 10.8. The molecule has 0 aliphatic rings. The molecule has 0 saturated heterocycles. The molecule has 166 valence electrons. The van der Waals surface area contributed by atoms with Gasteiger partial charge in [0.1, 0.15) is 16.4 Å². The van der Waals surface area contributed by atoms with E-state index in [1.165, 1.54) is 19.2 Å². The molecule has 0 unspecified atom stereocenters. The maximum Gasteiger partial charge on any atom is 0.241 e. The molecule has 3 N–H and O–H groups in total. The van der Waals surface area contributed by atoms with Crippen LogP contribution < -0.4 is 19.9 Å². The van der Waals surface area contributed by atoms with E-state index in [2.05, 4.69) is 5.32 Å². The Morgan fingerprint density at radius 1 is 1.00 bits per heavy atom. The molecule has 0 aliphatic carbocycles. The number of ketones is 1. The average Bonchev–Trinajstić information content (AvgIpc) is 2.72. The molecule has 0 heterocycles. The Labute approximate surface area is 184 Å². The van der Waals surface area contributed by atoms with Gasteiger partial charge in [0.05, 0.1) is 14.2 Å². The number of hydrogen-bond donors (Lipinski definition) is 2. The third-order valence-electron chi connectivity index (χ3n) is 4.56. The van der Waals surface area contributed by atoms with Crippen LogP contribution in [-0.4, -0.2) is 41.5 Å². The lowest BCUT2D eigenvalue weighted by atomic mass is 10.1. The first kappa shape index (κ1) is 25.9. The molecule has 0 aliphatic heterocycles. The van der Waals surface area contributed by atoms with Crippen molar-refractivity contribution in [2.24, 2.45) is 5.14 Å². The molecule has 0 atom stereocenters. The zero-order chi connectivity index (χ0) is 21.3. The number of rotatable bonds is 12. The second-order valence-electron chi connectivity index (χ2n) is 6.60. The lowest BCUT2D eigenvalue weighted by Crippen LogP contribution is -2.19. The minimum atomic E-state index is -3.96. The number of halogens is 1. The van der Waals surface area contributed by atoms with Gasteiger partial charge in [-0.25, -0.2) is 13.6 Å². The van der Waals surface area contributed by atoms with Crippen LogP contribution in [0.15, 0.2) is 47.4 Å². The Morgan fingerprint density at radius 3 is 2.37 bits per heavy atom. The topological polar surface area (TPSA) is 108 Å². The molecule has 2 rings (SSSR count). The minimum Gasteiger partial charge on any atom is -0.496 e. The van der Waals surface area contributed by atoms with E-state index in [4.69, 9.17) is 14.6 Å². The van der Waals surface area contributed by atoms with E-state index >= 15 is 0 Å². The highest BCUT2D eigenvalue weighted by molar-refractivity contribution is 7.89. The van der Waals surface area contributed by atoms with E-state index in [1.807, 2.05) is 24.3 Å². The van der Waals surface area contributed by atoms with E-state index < -0.39 is 10.0 Å². The maximum atomic E-state index is 12.4. The summed E-state index contributed by atoms with van der Waals surface area (Å²) in [5, 5.41) is 8.56. The van der Waals surface area contributed by atoms with Crippen molar-refractivity contribution in [3.05, 3.63) is 53.6 Å². The number of para-hydroxylation sites is 1. The maximum absolute atomic E-state index is 12.4. The molecule has 2 aromatic carbocycles. The number of nitrogens with one attached hydrogen (secondary N) is 1. The first-order valence-electron chi connectivity index (χ1n) is 9.43. The fourth-order valence-electron chi connectivity index (χ4n) is 3.01. The van der Waals surface area contributed by atoms with Gasteiger partial charge < -0.3 is 14.8 Å². The number of carbonyl (C=O) groups excluding carboxylic acids is 1. The van der Waals surface area contributed by atoms with E-state index in [1.54, 1.807) is 13.2 Å². The first-order valence-corrected chi connectivity index (χ1v) is 11.0. The summed E-state index contributed by atoms with van der Waals surface area (Å²) < 4.78 is 33.7. The lowest BCUT2D eigenvalue weighted by molar-refractivity contribution is 0.0979. The molecule has 0 spiro atoms. The molecule has 9 heteroatoms. The third kappa shape index (κ3) is 7.60. The summed E-state index contributed by atoms with van der Waals surface area (Å²) in [4.78, 5) is 12.2. The van der Waals surface area contributed by atoms with Crippen molar-refractivity contribution < 1.29 is 22.7 Å². The number of carbonyl (C=O) groups is 1. The number of sulfonamides is 1. The van der Waals surface area contributed by atoms with Crippen LogP contribution in [0.4, 0.5) is 0 Å². The van der Waals surface area contributed by atoms with Crippen molar-refractivity contribution in [2.45, 2.75) is 30.6 Å². The number of methoxy groups -OCH3 is 2. The zero-order valence-electron chi connectivity index (χ0n) is 17.2. The van der Waals surface area contributed by atoms with Crippen LogP contribution in [0.1, 0.15) is 35.2 Å². The summed E-state index contributed by atoms with van der Waals surface area (Å²) in [6, 6.07) is 12.2. The molecule has 0 radical (unpaired) electrons. The van der Waals surface area contributed by atoms with Crippen LogP contribution in [0.25, 0.3) is 0 Å². The summed E-state index contributed by atoms with van der Waals surface area (Å²) >= 11 is 0. The fourth-order valence-corrected chi connectivity index (χ4v) is 3.73. The summed E-state index contributed by atoms with van der Waals surface area (Å²) in [5.41, 5.74) is 1.47. The van der Waals surface area contributed by atoms with Crippen molar-refractivity contribution >= 4 is 28.2 Å². The first-order chi connectivity index (χ1) is 13.9. The quantitative estimate of drug-likeness (QED) is 0.375. The summed E-state index contributed by atoms with van der Waals surface area (Å²) in [6.07, 6.45) is 2.75. The average molecular weight is 457 g/mol. The number of Topliss-reactive ketones (excluding diaryl/α,β-unsaturated/α-hetero) is 1. The van der Waals surface area contributed by atoms with Crippen molar-refractivity contribution in [3.8, 4) is 11.5 Å². The standard InChI is InChI=1S/C21H28N2O5S.ClH/c1-27-19-9-4-3-7-16(19)12-14-23-13-6-5-8-18(24)17-10-11-20(28-2)21(15-17)29(22,25)26;/h3-4,7,9-11,15,23H,5-6,8,12-14H2,1-2H3,(H2,22,25,26);1H. The van der Waals surface area contributed by atoms with Crippen LogP contribution >= 0.6 is 12.4 Å². The molecule has 7 nitrogen and oxygen atoms in total. The van der Waals surface area contributed by atoms with Gasteiger partial charge in [0.25, 0.3) is 0 Å². The van der Waals surface area contributed by atoms with Crippen molar-refractivity contribution in [2.75, 3.05) is 27.3 Å². The predicted octanol–water partition coefficient (Wildman–Crippen LogP) is 2.96. The molecular weight excluding hydrogens is 428 g/mol. The Bertz CT molecular complexity index is 935. The van der Waals surface area contributed by atoms with Gasteiger partial charge in [0.15, 0.2) is 5.78 Å². The SMILES string of the molecule is COc1ccccc1CCNCCCCC(=O)c1ccc(OC)c(S(N)(=O)=O)c1.Cl. The second kappa shape index (κ2) is 12.5. The number of benzene rings is 2. The fraction of sp³-hybridized carbons (Fsp3) is 0.381. The van der Waals surface area contributed by atoms with Gasteiger partial charge >= 0.3 is 0 Å². The van der Waals surface area contributed by atoms with E-state index in [0.717, 1.165) is 37.2 Å². The van der Waals surface area contributed by atoms with Crippen molar-refractivity contribution in [3.63, 3.8) is 0 Å². The van der Waals surface area contributed by atoms with Crippen LogP contribution in [0, 0.1) is 0 Å². The minimum absolute atomic E-state index is 0.